The molecule has 4 rings (SSSR count). The zero-order valence-corrected chi connectivity index (χ0v) is 18.9. The highest BCUT2D eigenvalue weighted by Gasteiger charge is 2.41. The molecule has 2 bridgehead atoms. The number of benzene rings is 1. The first-order valence-electron chi connectivity index (χ1n) is 10.7. The van der Waals surface area contributed by atoms with Crippen molar-refractivity contribution in [2.45, 2.75) is 32.1 Å². The smallest absolute Gasteiger partial charge is 0.309 e. The van der Waals surface area contributed by atoms with Gasteiger partial charge >= 0.3 is 5.97 Å². The Morgan fingerprint density at radius 1 is 1.16 bits per heavy atom. The van der Waals surface area contributed by atoms with Gasteiger partial charge in [-0.25, -0.2) is 4.98 Å². The Hall–Kier alpha value is -2.94. The number of aromatic nitrogens is 1. The van der Waals surface area contributed by atoms with E-state index >= 15 is 0 Å². The summed E-state index contributed by atoms with van der Waals surface area (Å²) in [5, 5.41) is 4.88. The fourth-order valence-electron chi connectivity index (χ4n) is 4.55. The minimum atomic E-state index is -0.451. The van der Waals surface area contributed by atoms with Gasteiger partial charge in [-0.2, -0.15) is 0 Å². The predicted molar refractivity (Wildman–Crippen MR) is 119 cm³/mol. The maximum absolute atomic E-state index is 12.5. The van der Waals surface area contributed by atoms with E-state index in [0.29, 0.717) is 40.9 Å². The van der Waals surface area contributed by atoms with Crippen LogP contribution in [0, 0.1) is 17.8 Å². The number of hydrogen-bond acceptors (Lipinski definition) is 8. The van der Waals surface area contributed by atoms with Crippen LogP contribution in [-0.4, -0.2) is 43.5 Å². The van der Waals surface area contributed by atoms with Gasteiger partial charge in [-0.1, -0.05) is 6.42 Å². The Kier molecular flexibility index (Phi) is 6.74. The number of thiazole rings is 1. The van der Waals surface area contributed by atoms with Crippen LogP contribution >= 0.6 is 11.3 Å². The largest absolute Gasteiger partial charge is 0.497 e. The van der Waals surface area contributed by atoms with Gasteiger partial charge in [0.15, 0.2) is 11.7 Å². The predicted octanol–water partition coefficient (Wildman–Crippen LogP) is 3.70. The van der Waals surface area contributed by atoms with Gasteiger partial charge in [0.25, 0.3) is 5.91 Å². The highest BCUT2D eigenvalue weighted by atomic mass is 32.1. The summed E-state index contributed by atoms with van der Waals surface area (Å²) < 4.78 is 15.9. The maximum atomic E-state index is 12.5. The second-order valence-electron chi connectivity index (χ2n) is 8.16. The summed E-state index contributed by atoms with van der Waals surface area (Å²) in [5.74, 6) is 0.366. The topological polar surface area (TPSA) is 104 Å². The van der Waals surface area contributed by atoms with Crippen molar-refractivity contribution in [2.24, 2.45) is 17.8 Å². The van der Waals surface area contributed by atoms with Crippen LogP contribution in [0.1, 0.15) is 32.1 Å². The Balaban J connectivity index is 1.31. The van der Waals surface area contributed by atoms with E-state index in [0.717, 1.165) is 24.8 Å². The number of carbonyl (C=O) groups excluding carboxylic acids is 3. The number of nitrogens with one attached hydrogen (secondary N) is 1. The number of amides is 1. The van der Waals surface area contributed by atoms with Crippen LogP contribution in [0.4, 0.5) is 5.13 Å². The molecule has 2 saturated carbocycles. The summed E-state index contributed by atoms with van der Waals surface area (Å²) in [6, 6.07) is 5.41. The summed E-state index contributed by atoms with van der Waals surface area (Å²) in [5.41, 5.74) is 1.43. The van der Waals surface area contributed by atoms with Crippen molar-refractivity contribution in [1.29, 1.82) is 0 Å². The summed E-state index contributed by atoms with van der Waals surface area (Å²) >= 11 is 1.27. The first-order chi connectivity index (χ1) is 15.5. The molecule has 0 aliphatic heterocycles. The number of hydrogen-bond donors (Lipinski definition) is 1. The number of anilines is 1. The normalized spacial score (nSPS) is 22.2. The number of carbonyl (C=O) groups is 3. The van der Waals surface area contributed by atoms with Crippen molar-refractivity contribution in [3.05, 3.63) is 23.6 Å². The van der Waals surface area contributed by atoms with Crippen molar-refractivity contribution in [2.75, 3.05) is 26.1 Å². The molecule has 2 aliphatic rings. The average molecular weight is 459 g/mol. The van der Waals surface area contributed by atoms with Crippen molar-refractivity contribution in [3.8, 4) is 22.8 Å². The molecule has 2 fully saturated rings. The minimum Gasteiger partial charge on any atom is -0.497 e. The lowest BCUT2D eigenvalue weighted by atomic mass is 9.67. The van der Waals surface area contributed by atoms with Gasteiger partial charge in [-0.05, 0) is 37.8 Å². The molecule has 0 radical (unpaired) electrons. The zero-order valence-electron chi connectivity index (χ0n) is 18.1. The lowest BCUT2D eigenvalue weighted by molar-refractivity contribution is -0.155. The fourth-order valence-corrected chi connectivity index (χ4v) is 5.27. The van der Waals surface area contributed by atoms with Gasteiger partial charge in [0.2, 0.25) is 0 Å². The summed E-state index contributed by atoms with van der Waals surface area (Å²) in [6.07, 6.45) is 3.82. The van der Waals surface area contributed by atoms with Gasteiger partial charge in [-0.3, -0.25) is 19.7 Å². The molecule has 2 aromatic rings. The monoisotopic (exact) mass is 458 g/mol. The number of ketones is 1. The standard InChI is InChI=1S/C23H26N2O6S/c1-29-16-6-7-17(19(10-16)30-2)18-12-32-23(24-18)25-20(26)11-31-22(28)15-8-13-4-3-5-14(9-15)21(13)27/h6-7,10,12-15H,3-5,8-9,11H2,1-2H3,(H,24,25,26)/t13-,14-/m0/s1. The molecule has 1 amide bonds. The molecule has 2 atom stereocenters. The minimum absolute atomic E-state index is 0.0300. The van der Waals surface area contributed by atoms with E-state index in [1.54, 1.807) is 20.3 Å². The van der Waals surface area contributed by atoms with Crippen LogP contribution in [0.25, 0.3) is 11.3 Å². The average Bonchev–Trinajstić information content (AvgIpc) is 3.24. The number of ether oxygens (including phenoxy) is 3. The molecule has 2 aliphatic carbocycles. The van der Waals surface area contributed by atoms with E-state index in [9.17, 15) is 14.4 Å². The molecule has 0 unspecified atom stereocenters. The van der Waals surface area contributed by atoms with Gasteiger partial charge in [-0.15, -0.1) is 11.3 Å². The van der Waals surface area contributed by atoms with E-state index in [1.807, 2.05) is 17.5 Å². The highest BCUT2D eigenvalue weighted by Crippen LogP contribution is 2.40. The quantitative estimate of drug-likeness (QED) is 0.631. The van der Waals surface area contributed by atoms with E-state index < -0.39 is 11.9 Å². The van der Waals surface area contributed by atoms with Crippen molar-refractivity contribution >= 4 is 34.1 Å². The molecule has 32 heavy (non-hydrogen) atoms. The number of fused-ring (bicyclic) bond motifs is 2. The maximum Gasteiger partial charge on any atom is 0.309 e. The second kappa shape index (κ2) is 9.68. The molecular weight excluding hydrogens is 432 g/mol. The first-order valence-corrected chi connectivity index (χ1v) is 11.5. The van der Waals surface area contributed by atoms with Gasteiger partial charge in [0, 0.05) is 28.8 Å². The van der Waals surface area contributed by atoms with Crippen molar-refractivity contribution < 1.29 is 28.6 Å². The van der Waals surface area contributed by atoms with Crippen molar-refractivity contribution in [3.63, 3.8) is 0 Å². The Morgan fingerprint density at radius 2 is 1.91 bits per heavy atom. The molecule has 8 nitrogen and oxygen atoms in total. The van der Waals surface area contributed by atoms with Crippen LogP contribution in [0.2, 0.25) is 0 Å². The first kappa shape index (κ1) is 22.3. The Bertz CT molecular complexity index is 1000. The number of esters is 1. The molecule has 1 N–H and O–H groups in total. The van der Waals surface area contributed by atoms with E-state index in [2.05, 4.69) is 10.3 Å². The van der Waals surface area contributed by atoms with Crippen molar-refractivity contribution in [1.82, 2.24) is 4.98 Å². The third-order valence-electron chi connectivity index (χ3n) is 6.16. The van der Waals surface area contributed by atoms with Crippen LogP contribution in [0.3, 0.4) is 0 Å². The summed E-state index contributed by atoms with van der Waals surface area (Å²) in [4.78, 5) is 41.4. The second-order valence-corrected chi connectivity index (χ2v) is 9.01. The van der Waals surface area contributed by atoms with Crippen LogP contribution in [0.5, 0.6) is 11.5 Å². The Morgan fingerprint density at radius 3 is 2.59 bits per heavy atom. The van der Waals surface area contributed by atoms with Gasteiger partial charge in [0.1, 0.15) is 17.3 Å². The third kappa shape index (κ3) is 4.77. The lowest BCUT2D eigenvalue weighted by Crippen LogP contribution is -2.40. The molecule has 170 valence electrons. The van der Waals surface area contributed by atoms with Crippen LogP contribution < -0.4 is 14.8 Å². The van der Waals surface area contributed by atoms with Gasteiger partial charge < -0.3 is 14.2 Å². The Labute approximate surface area is 190 Å². The molecule has 1 aromatic heterocycles. The lowest BCUT2D eigenvalue weighted by Gasteiger charge is -2.36. The van der Waals surface area contributed by atoms with Gasteiger partial charge in [0.05, 0.1) is 25.8 Å². The molecule has 1 aromatic carbocycles. The number of Topliss-reactive ketones (excluding diaryl/α,β-unsaturated/α-hetero) is 1. The molecular formula is C23H26N2O6S. The number of nitrogens with zero attached hydrogens (tertiary/aromatic N) is 1. The SMILES string of the molecule is COc1ccc(-c2csc(NC(=O)COC(=O)C3C[C@@H]4CCC[C@@H](C3)C4=O)n2)c(OC)c1. The number of methoxy groups -OCH3 is 2. The van der Waals surface area contributed by atoms with Crippen LogP contribution in [-0.2, 0) is 19.1 Å². The van der Waals surface area contributed by atoms with E-state index in [4.69, 9.17) is 14.2 Å². The molecule has 1 heterocycles. The fraction of sp³-hybridized carbons (Fsp3) is 0.478. The molecule has 0 spiro atoms. The molecule has 0 saturated heterocycles. The van der Waals surface area contributed by atoms with E-state index in [1.165, 1.54) is 11.3 Å². The van der Waals surface area contributed by atoms with Crippen LogP contribution in [0.15, 0.2) is 23.6 Å². The summed E-state index contributed by atoms with van der Waals surface area (Å²) in [6.45, 7) is -0.376. The highest BCUT2D eigenvalue weighted by molar-refractivity contribution is 7.14. The summed E-state index contributed by atoms with van der Waals surface area (Å²) in [7, 11) is 3.15. The number of rotatable bonds is 7. The molecule has 9 heteroatoms. The van der Waals surface area contributed by atoms with E-state index in [-0.39, 0.29) is 24.4 Å². The zero-order chi connectivity index (χ0) is 22.7. The third-order valence-corrected chi connectivity index (χ3v) is 6.92.